The highest BCUT2D eigenvalue weighted by Crippen LogP contribution is 2.26. The summed E-state index contributed by atoms with van der Waals surface area (Å²) < 4.78 is 7.88. The molecule has 160 valence electrons. The van der Waals surface area contributed by atoms with Crippen molar-refractivity contribution in [3.05, 3.63) is 66.5 Å². The lowest BCUT2D eigenvalue weighted by Gasteiger charge is -2.38. The molecule has 0 N–H and O–H groups in total. The van der Waals surface area contributed by atoms with E-state index in [2.05, 4.69) is 20.2 Å². The summed E-state index contributed by atoms with van der Waals surface area (Å²) in [6.07, 6.45) is 9.43. The number of likely N-dealkylation sites (tertiary alicyclic amines) is 1. The van der Waals surface area contributed by atoms with Gasteiger partial charge in [-0.25, -0.2) is 9.97 Å². The summed E-state index contributed by atoms with van der Waals surface area (Å²) in [5.74, 6) is 0.250. The van der Waals surface area contributed by atoms with Crippen LogP contribution in [-0.2, 0) is 0 Å². The van der Waals surface area contributed by atoms with Crippen molar-refractivity contribution in [2.75, 3.05) is 6.54 Å². The maximum atomic E-state index is 13.5. The number of fused-ring (bicyclic) bond motifs is 1. The van der Waals surface area contributed by atoms with Gasteiger partial charge in [-0.3, -0.25) is 9.20 Å². The molecule has 1 amide bonds. The summed E-state index contributed by atoms with van der Waals surface area (Å²) in [6, 6.07) is 9.38. The summed E-state index contributed by atoms with van der Waals surface area (Å²) >= 11 is 0. The first-order chi connectivity index (χ1) is 15.6. The number of aromatic nitrogens is 6. The first-order valence-corrected chi connectivity index (χ1v) is 10.3. The van der Waals surface area contributed by atoms with Crippen LogP contribution < -0.4 is 4.74 Å². The normalized spacial score (nSPS) is 18.4. The van der Waals surface area contributed by atoms with Crippen molar-refractivity contribution in [3.63, 3.8) is 0 Å². The van der Waals surface area contributed by atoms with Crippen molar-refractivity contribution < 1.29 is 9.53 Å². The molecule has 0 bridgehead atoms. The minimum Gasteiger partial charge on any atom is -0.470 e. The lowest BCUT2D eigenvalue weighted by atomic mass is 9.99. The molecule has 1 aromatic carbocycles. The Labute approximate surface area is 183 Å². The summed E-state index contributed by atoms with van der Waals surface area (Å²) in [6.45, 7) is 2.45. The van der Waals surface area contributed by atoms with E-state index in [9.17, 15) is 4.79 Å². The maximum absolute atomic E-state index is 13.5. The van der Waals surface area contributed by atoms with Gasteiger partial charge in [0.2, 0.25) is 5.65 Å². The van der Waals surface area contributed by atoms with E-state index in [1.54, 1.807) is 41.5 Å². The van der Waals surface area contributed by atoms with Crippen molar-refractivity contribution in [3.8, 4) is 17.6 Å². The van der Waals surface area contributed by atoms with Gasteiger partial charge in [-0.2, -0.15) is 20.3 Å². The van der Waals surface area contributed by atoms with Gasteiger partial charge in [0.1, 0.15) is 12.2 Å². The van der Waals surface area contributed by atoms with Crippen LogP contribution in [0.2, 0.25) is 0 Å². The van der Waals surface area contributed by atoms with E-state index in [-0.39, 0.29) is 18.1 Å². The third kappa shape index (κ3) is 3.54. The van der Waals surface area contributed by atoms with Crippen molar-refractivity contribution in [1.82, 2.24) is 34.3 Å². The number of rotatable bonds is 4. The smallest absolute Gasteiger partial charge is 0.258 e. The number of nitriles is 1. The van der Waals surface area contributed by atoms with Crippen LogP contribution in [0.15, 0.2) is 55.2 Å². The van der Waals surface area contributed by atoms with Gasteiger partial charge in [-0.05, 0) is 31.9 Å². The number of carbonyl (C=O) groups excluding carboxylic acids is 1. The molecular weight excluding hydrogens is 408 g/mol. The van der Waals surface area contributed by atoms with Crippen molar-refractivity contribution in [1.29, 1.82) is 5.26 Å². The maximum Gasteiger partial charge on any atom is 0.258 e. The van der Waals surface area contributed by atoms with Gasteiger partial charge < -0.3 is 9.64 Å². The number of ether oxygens (including phenoxy) is 1. The molecular formula is C22H20N8O2. The average molecular weight is 428 g/mol. The molecule has 2 atom stereocenters. The largest absolute Gasteiger partial charge is 0.470 e. The van der Waals surface area contributed by atoms with E-state index in [1.165, 1.54) is 4.80 Å². The Morgan fingerprint density at radius 2 is 2.00 bits per heavy atom. The fourth-order valence-electron chi connectivity index (χ4n) is 3.97. The molecule has 1 aliphatic heterocycles. The van der Waals surface area contributed by atoms with E-state index < -0.39 is 0 Å². The second kappa shape index (κ2) is 8.11. The molecule has 0 aliphatic carbocycles. The van der Waals surface area contributed by atoms with Crippen LogP contribution in [-0.4, -0.2) is 58.9 Å². The molecule has 1 fully saturated rings. The topological polar surface area (TPSA) is 114 Å². The minimum absolute atomic E-state index is 0.0568. The Balaban J connectivity index is 1.40. The molecule has 0 unspecified atom stereocenters. The molecule has 3 aromatic heterocycles. The monoisotopic (exact) mass is 428 g/mol. The number of carbonyl (C=O) groups is 1. The van der Waals surface area contributed by atoms with E-state index in [0.717, 1.165) is 12.8 Å². The van der Waals surface area contributed by atoms with Crippen LogP contribution in [0.1, 0.15) is 35.8 Å². The Kier molecular flexibility index (Phi) is 4.99. The molecule has 0 radical (unpaired) electrons. The van der Waals surface area contributed by atoms with Crippen LogP contribution in [0.4, 0.5) is 0 Å². The number of benzene rings is 1. The SMILES string of the molecule is C[C@@H]1CC[C@@H](Oc2nccn3cc(C#N)nc23)CN1C(=O)c1ccccc1-n1nccn1. The quantitative estimate of drug-likeness (QED) is 0.490. The Hall–Kier alpha value is -4.26. The predicted molar refractivity (Wildman–Crippen MR) is 113 cm³/mol. The first-order valence-electron chi connectivity index (χ1n) is 10.3. The number of amides is 1. The second-order valence-electron chi connectivity index (χ2n) is 7.66. The fourth-order valence-corrected chi connectivity index (χ4v) is 3.97. The number of hydrogen-bond acceptors (Lipinski definition) is 7. The van der Waals surface area contributed by atoms with Gasteiger partial charge in [-0.1, -0.05) is 12.1 Å². The van der Waals surface area contributed by atoms with Crippen LogP contribution in [0.25, 0.3) is 11.3 Å². The van der Waals surface area contributed by atoms with E-state index >= 15 is 0 Å². The van der Waals surface area contributed by atoms with Gasteiger partial charge in [0.25, 0.3) is 11.8 Å². The lowest BCUT2D eigenvalue weighted by molar-refractivity contribution is 0.0375. The number of nitrogens with zero attached hydrogens (tertiary/aromatic N) is 8. The molecule has 10 heteroatoms. The lowest BCUT2D eigenvalue weighted by Crippen LogP contribution is -2.49. The molecule has 10 nitrogen and oxygen atoms in total. The van der Waals surface area contributed by atoms with Crippen molar-refractivity contribution in [2.24, 2.45) is 0 Å². The Morgan fingerprint density at radius 1 is 1.19 bits per heavy atom. The standard InChI is InChI=1S/C22H20N8O2/c1-15-6-7-17(32-21-20-27-16(12-23)13-28(20)11-10-24-21)14-29(15)22(31)18-4-2-3-5-19(18)30-25-8-9-26-30/h2-5,8-11,13,15,17H,6-7,14H2,1H3/t15-,17-/m1/s1. The number of piperidine rings is 1. The zero-order valence-electron chi connectivity index (χ0n) is 17.4. The summed E-state index contributed by atoms with van der Waals surface area (Å²) in [5.41, 5.74) is 1.94. The highest BCUT2D eigenvalue weighted by molar-refractivity contribution is 5.98. The summed E-state index contributed by atoms with van der Waals surface area (Å²) in [7, 11) is 0. The summed E-state index contributed by atoms with van der Waals surface area (Å²) in [4.78, 5) is 25.4. The predicted octanol–water partition coefficient (Wildman–Crippen LogP) is 2.25. The fraction of sp³-hybridized carbons (Fsp3) is 0.273. The van der Waals surface area contributed by atoms with Crippen molar-refractivity contribution >= 4 is 11.6 Å². The minimum atomic E-state index is -0.244. The number of hydrogen-bond donors (Lipinski definition) is 0. The number of para-hydroxylation sites is 1. The van der Waals surface area contributed by atoms with Gasteiger partial charge in [0, 0.05) is 24.6 Å². The molecule has 0 saturated carbocycles. The Bertz CT molecular complexity index is 1310. The average Bonchev–Trinajstić information content (AvgIpc) is 3.50. The molecule has 4 heterocycles. The second-order valence-corrected chi connectivity index (χ2v) is 7.66. The number of imidazole rings is 1. The van der Waals surface area contributed by atoms with Crippen molar-refractivity contribution in [2.45, 2.75) is 31.9 Å². The van der Waals surface area contributed by atoms with Crippen LogP contribution in [0.5, 0.6) is 5.88 Å². The summed E-state index contributed by atoms with van der Waals surface area (Å²) in [5, 5.41) is 17.5. The third-order valence-corrected chi connectivity index (χ3v) is 5.60. The van der Waals surface area contributed by atoms with Gasteiger partial charge in [0.05, 0.1) is 30.2 Å². The molecule has 32 heavy (non-hydrogen) atoms. The molecule has 4 aromatic rings. The van der Waals surface area contributed by atoms with E-state index in [1.807, 2.05) is 36.1 Å². The zero-order valence-corrected chi connectivity index (χ0v) is 17.4. The van der Waals surface area contributed by atoms with Gasteiger partial charge >= 0.3 is 0 Å². The van der Waals surface area contributed by atoms with E-state index in [4.69, 9.17) is 10.00 Å². The Morgan fingerprint density at radius 3 is 2.81 bits per heavy atom. The zero-order chi connectivity index (χ0) is 22.1. The first kappa shape index (κ1) is 19.7. The third-order valence-electron chi connectivity index (χ3n) is 5.60. The highest BCUT2D eigenvalue weighted by atomic mass is 16.5. The molecule has 0 spiro atoms. The highest BCUT2D eigenvalue weighted by Gasteiger charge is 2.32. The van der Waals surface area contributed by atoms with Crippen LogP contribution in [0, 0.1) is 11.3 Å². The molecule has 1 aliphatic rings. The van der Waals surface area contributed by atoms with Crippen LogP contribution in [0.3, 0.4) is 0 Å². The van der Waals surface area contributed by atoms with E-state index in [0.29, 0.717) is 35.0 Å². The molecule has 1 saturated heterocycles. The van der Waals surface area contributed by atoms with Crippen LogP contribution >= 0.6 is 0 Å². The molecule has 5 rings (SSSR count). The van der Waals surface area contributed by atoms with Gasteiger partial charge in [-0.15, -0.1) is 0 Å². The van der Waals surface area contributed by atoms with Gasteiger partial charge in [0.15, 0.2) is 5.69 Å².